The number of likely N-dealkylation sites (tertiary alicyclic amines) is 1. The van der Waals surface area contributed by atoms with Crippen molar-refractivity contribution in [3.63, 3.8) is 0 Å². The zero-order chi connectivity index (χ0) is 28.0. The van der Waals surface area contributed by atoms with Gasteiger partial charge >= 0.3 is 0 Å². The summed E-state index contributed by atoms with van der Waals surface area (Å²) in [5, 5.41) is 8.18. The van der Waals surface area contributed by atoms with Crippen molar-refractivity contribution >= 4 is 47.1 Å². The van der Waals surface area contributed by atoms with Gasteiger partial charge in [-0.25, -0.2) is 4.39 Å². The van der Waals surface area contributed by atoms with Crippen molar-refractivity contribution in [2.24, 2.45) is 11.3 Å². The average molecular weight is 549 g/mol. The summed E-state index contributed by atoms with van der Waals surface area (Å²) in [4.78, 5) is 65.3. The second-order valence-electron chi connectivity index (χ2n) is 10.9. The molecule has 0 spiro atoms. The maximum atomic E-state index is 14.1. The predicted molar refractivity (Wildman–Crippen MR) is 140 cm³/mol. The zero-order valence-electron chi connectivity index (χ0n) is 21.8. The fourth-order valence-electron chi connectivity index (χ4n) is 4.33. The molecule has 4 amide bonds. The summed E-state index contributed by atoms with van der Waals surface area (Å²) in [6.45, 7) is 7.06. The van der Waals surface area contributed by atoms with Gasteiger partial charge in [-0.1, -0.05) is 38.4 Å². The number of rotatable bonds is 10. The van der Waals surface area contributed by atoms with Crippen LogP contribution in [0.25, 0.3) is 6.08 Å². The van der Waals surface area contributed by atoms with E-state index in [1.807, 2.05) is 20.8 Å². The lowest BCUT2D eigenvalue weighted by Crippen LogP contribution is -2.56. The Morgan fingerprint density at radius 1 is 1.18 bits per heavy atom. The molecule has 11 heteroatoms. The molecule has 2 aliphatic rings. The molecule has 1 aromatic carbocycles. The highest BCUT2D eigenvalue weighted by Gasteiger charge is 2.38. The maximum absolute atomic E-state index is 14.1. The predicted octanol–water partition coefficient (Wildman–Crippen LogP) is 2.23. The first-order valence-electron chi connectivity index (χ1n) is 12.7. The molecule has 3 atom stereocenters. The minimum Gasteiger partial charge on any atom is -0.356 e. The van der Waals surface area contributed by atoms with E-state index in [-0.39, 0.29) is 34.7 Å². The average Bonchev–Trinajstić information content (AvgIpc) is 3.19. The Labute approximate surface area is 226 Å². The third-order valence-corrected chi connectivity index (χ3v) is 6.73. The van der Waals surface area contributed by atoms with Crippen LogP contribution in [0.5, 0.6) is 0 Å². The summed E-state index contributed by atoms with van der Waals surface area (Å²) >= 11 is 5.76. The van der Waals surface area contributed by atoms with E-state index in [1.165, 1.54) is 23.1 Å². The van der Waals surface area contributed by atoms with E-state index in [0.717, 1.165) is 18.6 Å². The largest absolute Gasteiger partial charge is 0.356 e. The number of amides is 4. The SMILES string of the molecule is CC(C)(C)CC(NC(=O)/C=C/c1ccc(Cl)cc1F)C(=O)NC(C[C@@H]1CCNC1=O)C(=O)C(=O)N1CCC1. The molecule has 38 heavy (non-hydrogen) atoms. The molecule has 9 nitrogen and oxygen atoms in total. The lowest BCUT2D eigenvalue weighted by molar-refractivity contribution is -0.149. The molecule has 3 rings (SSSR count). The molecular weight excluding hydrogens is 515 g/mol. The zero-order valence-corrected chi connectivity index (χ0v) is 22.6. The Balaban J connectivity index is 1.75. The van der Waals surface area contributed by atoms with Gasteiger partial charge in [0.2, 0.25) is 23.5 Å². The normalized spacial score (nSPS) is 18.9. The third-order valence-electron chi connectivity index (χ3n) is 6.50. The van der Waals surface area contributed by atoms with Gasteiger partial charge in [-0.15, -0.1) is 0 Å². The summed E-state index contributed by atoms with van der Waals surface area (Å²) in [6, 6.07) is 1.78. The second-order valence-corrected chi connectivity index (χ2v) is 11.3. The van der Waals surface area contributed by atoms with Crippen molar-refractivity contribution in [2.45, 2.75) is 58.5 Å². The van der Waals surface area contributed by atoms with E-state index in [9.17, 15) is 28.4 Å². The number of halogens is 2. The molecule has 0 radical (unpaired) electrons. The quantitative estimate of drug-likeness (QED) is 0.305. The Morgan fingerprint density at radius 3 is 2.45 bits per heavy atom. The molecular formula is C27H34ClFN4O5. The van der Waals surface area contributed by atoms with Crippen LogP contribution in [0.4, 0.5) is 4.39 Å². The highest BCUT2D eigenvalue weighted by molar-refractivity contribution is 6.38. The first-order valence-corrected chi connectivity index (χ1v) is 13.1. The number of hydrogen-bond acceptors (Lipinski definition) is 5. The van der Waals surface area contributed by atoms with Crippen molar-refractivity contribution in [1.29, 1.82) is 0 Å². The topological polar surface area (TPSA) is 125 Å². The Kier molecular flexibility index (Phi) is 9.65. The van der Waals surface area contributed by atoms with E-state index in [1.54, 1.807) is 0 Å². The Hall–Kier alpha value is -3.27. The summed E-state index contributed by atoms with van der Waals surface area (Å²) in [5.74, 6) is -4.10. The number of ketones is 1. The maximum Gasteiger partial charge on any atom is 0.292 e. The van der Waals surface area contributed by atoms with Gasteiger partial charge in [0.15, 0.2) is 0 Å². The lowest BCUT2D eigenvalue weighted by Gasteiger charge is -2.32. The summed E-state index contributed by atoms with van der Waals surface area (Å²) in [7, 11) is 0. The van der Waals surface area contributed by atoms with Gasteiger partial charge in [0.25, 0.3) is 5.91 Å². The first kappa shape index (κ1) is 29.3. The van der Waals surface area contributed by atoms with E-state index in [4.69, 9.17) is 11.6 Å². The number of Topliss-reactive ketones (excluding diaryl/α,β-unsaturated/α-hetero) is 1. The smallest absolute Gasteiger partial charge is 0.292 e. The van der Waals surface area contributed by atoms with E-state index < -0.39 is 47.3 Å². The molecule has 2 heterocycles. The van der Waals surface area contributed by atoms with Gasteiger partial charge in [0, 0.05) is 42.2 Å². The van der Waals surface area contributed by atoms with Crippen molar-refractivity contribution in [3.8, 4) is 0 Å². The van der Waals surface area contributed by atoms with Crippen LogP contribution < -0.4 is 16.0 Å². The number of carbonyl (C=O) groups is 5. The molecule has 3 N–H and O–H groups in total. The highest BCUT2D eigenvalue weighted by atomic mass is 35.5. The van der Waals surface area contributed by atoms with Crippen LogP contribution in [0.3, 0.4) is 0 Å². The summed E-state index contributed by atoms with van der Waals surface area (Å²) in [5.41, 5.74) is -0.245. The van der Waals surface area contributed by atoms with Crippen LogP contribution in [0.15, 0.2) is 24.3 Å². The lowest BCUT2D eigenvalue weighted by atomic mass is 9.87. The van der Waals surface area contributed by atoms with Crippen LogP contribution >= 0.6 is 11.6 Å². The Bertz CT molecular complexity index is 1130. The molecule has 0 aromatic heterocycles. The molecule has 2 saturated heterocycles. The number of nitrogens with one attached hydrogen (secondary N) is 3. The molecule has 2 unspecified atom stereocenters. The van der Waals surface area contributed by atoms with Gasteiger partial charge in [0.1, 0.15) is 11.9 Å². The third kappa shape index (κ3) is 8.11. The summed E-state index contributed by atoms with van der Waals surface area (Å²) in [6.07, 6.45) is 3.87. The Morgan fingerprint density at radius 2 is 1.89 bits per heavy atom. The van der Waals surface area contributed by atoms with Crippen LogP contribution in [0.1, 0.15) is 52.0 Å². The van der Waals surface area contributed by atoms with Crippen molar-refractivity contribution in [3.05, 3.63) is 40.7 Å². The number of nitrogens with zero attached hydrogens (tertiary/aromatic N) is 1. The van der Waals surface area contributed by atoms with Gasteiger partial charge in [0.05, 0.1) is 6.04 Å². The van der Waals surface area contributed by atoms with Crippen molar-refractivity contribution in [1.82, 2.24) is 20.9 Å². The van der Waals surface area contributed by atoms with Crippen LogP contribution in [-0.2, 0) is 24.0 Å². The minimum absolute atomic E-state index is 0.0120. The van der Waals surface area contributed by atoms with Crippen LogP contribution in [0, 0.1) is 17.2 Å². The fourth-order valence-corrected chi connectivity index (χ4v) is 4.48. The number of hydrogen-bond donors (Lipinski definition) is 3. The van der Waals surface area contributed by atoms with Gasteiger partial charge in [-0.2, -0.15) is 0 Å². The second kappa shape index (κ2) is 12.5. The van der Waals surface area contributed by atoms with Crippen molar-refractivity contribution < 1.29 is 28.4 Å². The summed E-state index contributed by atoms with van der Waals surface area (Å²) < 4.78 is 14.1. The molecule has 0 aliphatic carbocycles. The van der Waals surface area contributed by atoms with Crippen LogP contribution in [0.2, 0.25) is 5.02 Å². The van der Waals surface area contributed by atoms with Gasteiger partial charge in [-0.3, -0.25) is 24.0 Å². The number of benzene rings is 1. The van der Waals surface area contributed by atoms with E-state index in [0.29, 0.717) is 26.1 Å². The molecule has 0 bridgehead atoms. The highest BCUT2D eigenvalue weighted by Crippen LogP contribution is 2.23. The monoisotopic (exact) mass is 548 g/mol. The van der Waals surface area contributed by atoms with E-state index >= 15 is 0 Å². The first-order chi connectivity index (χ1) is 17.8. The molecule has 2 fully saturated rings. The minimum atomic E-state index is -1.21. The van der Waals surface area contributed by atoms with Crippen LogP contribution in [-0.4, -0.2) is 66.0 Å². The standard InChI is InChI=1S/C27H34ClFN4O5/c1-27(2,3)15-21(31-22(34)8-6-16-5-7-18(28)14-19(16)29)25(37)32-20(13-17-9-10-30-24(17)36)23(35)26(38)33-11-4-12-33/h5-8,14,17,20-21H,4,9-13,15H2,1-3H3,(H,30,36)(H,31,34)(H,32,37)/b8-6+/t17-,20?,21?/m0/s1. The van der Waals surface area contributed by atoms with Crippen molar-refractivity contribution in [2.75, 3.05) is 19.6 Å². The fraction of sp³-hybridized carbons (Fsp3) is 0.519. The molecule has 1 aromatic rings. The number of carbonyl (C=O) groups excluding carboxylic acids is 5. The van der Waals surface area contributed by atoms with Gasteiger partial charge < -0.3 is 20.9 Å². The van der Waals surface area contributed by atoms with Gasteiger partial charge in [-0.05, 0) is 49.3 Å². The van der Waals surface area contributed by atoms with E-state index in [2.05, 4.69) is 16.0 Å². The molecule has 2 aliphatic heterocycles. The molecule has 0 saturated carbocycles. The molecule has 206 valence electrons.